The molecule has 1 unspecified atom stereocenters. The molecule has 1 saturated heterocycles. The van der Waals surface area contributed by atoms with Crippen LogP contribution in [0.25, 0.3) is 0 Å². The first-order valence-electron chi connectivity index (χ1n) is 5.91. The van der Waals surface area contributed by atoms with Crippen molar-refractivity contribution in [2.24, 2.45) is 0 Å². The van der Waals surface area contributed by atoms with E-state index in [0.29, 0.717) is 6.10 Å². The standard InChI is InChI=1S/C12H24N2O/c1-4-15-12-6-5-7-14(10-12)9-11(2)8-13-3/h12-13H,2,4-10H2,1,3H3. The summed E-state index contributed by atoms with van der Waals surface area (Å²) in [5.74, 6) is 0. The first-order chi connectivity index (χ1) is 7.26. The van der Waals surface area contributed by atoms with Crippen LogP contribution in [-0.2, 0) is 4.74 Å². The monoisotopic (exact) mass is 212 g/mol. The van der Waals surface area contributed by atoms with Crippen LogP contribution in [0.2, 0.25) is 0 Å². The number of piperidine rings is 1. The highest BCUT2D eigenvalue weighted by Crippen LogP contribution is 2.13. The number of hydrogen-bond acceptors (Lipinski definition) is 3. The summed E-state index contributed by atoms with van der Waals surface area (Å²) in [6, 6.07) is 0. The van der Waals surface area contributed by atoms with Gasteiger partial charge in [-0.3, -0.25) is 4.90 Å². The Morgan fingerprint density at radius 2 is 2.40 bits per heavy atom. The smallest absolute Gasteiger partial charge is 0.0702 e. The lowest BCUT2D eigenvalue weighted by Gasteiger charge is -2.32. The van der Waals surface area contributed by atoms with Gasteiger partial charge in [-0.1, -0.05) is 6.58 Å². The van der Waals surface area contributed by atoms with Crippen LogP contribution in [0.1, 0.15) is 19.8 Å². The van der Waals surface area contributed by atoms with E-state index in [0.717, 1.165) is 26.2 Å². The SMILES string of the molecule is C=C(CNC)CN1CCCC(OCC)C1. The Balaban J connectivity index is 2.26. The van der Waals surface area contributed by atoms with Gasteiger partial charge in [-0.25, -0.2) is 0 Å². The van der Waals surface area contributed by atoms with Crippen molar-refractivity contribution in [3.63, 3.8) is 0 Å². The van der Waals surface area contributed by atoms with Crippen LogP contribution in [0, 0.1) is 0 Å². The minimum absolute atomic E-state index is 0.436. The number of likely N-dealkylation sites (tertiary alicyclic amines) is 1. The minimum Gasteiger partial charge on any atom is -0.377 e. The lowest BCUT2D eigenvalue weighted by molar-refractivity contribution is 0.00852. The summed E-state index contributed by atoms with van der Waals surface area (Å²) < 4.78 is 5.67. The Kier molecular flexibility index (Phi) is 5.91. The second-order valence-corrected chi connectivity index (χ2v) is 4.24. The first kappa shape index (κ1) is 12.7. The lowest BCUT2D eigenvalue weighted by Crippen LogP contribution is -2.41. The van der Waals surface area contributed by atoms with E-state index in [2.05, 4.69) is 23.7 Å². The van der Waals surface area contributed by atoms with Gasteiger partial charge in [0.15, 0.2) is 0 Å². The van der Waals surface area contributed by atoms with Crippen molar-refractivity contribution in [2.75, 3.05) is 39.8 Å². The van der Waals surface area contributed by atoms with Crippen molar-refractivity contribution in [3.8, 4) is 0 Å². The molecule has 0 amide bonds. The molecule has 0 aromatic carbocycles. The van der Waals surface area contributed by atoms with Gasteiger partial charge in [-0.2, -0.15) is 0 Å². The Morgan fingerprint density at radius 1 is 1.60 bits per heavy atom. The third-order valence-corrected chi connectivity index (χ3v) is 2.74. The molecule has 0 aromatic heterocycles. The van der Waals surface area contributed by atoms with Crippen LogP contribution in [0.5, 0.6) is 0 Å². The summed E-state index contributed by atoms with van der Waals surface area (Å²) in [5.41, 5.74) is 1.26. The predicted octanol–water partition coefficient (Wildman–Crippen LogP) is 1.26. The van der Waals surface area contributed by atoms with Gasteiger partial charge in [0.05, 0.1) is 6.10 Å². The predicted molar refractivity (Wildman–Crippen MR) is 64.2 cm³/mol. The van der Waals surface area contributed by atoms with Gasteiger partial charge in [-0.05, 0) is 38.9 Å². The molecule has 1 N–H and O–H groups in total. The van der Waals surface area contributed by atoms with E-state index in [-0.39, 0.29) is 0 Å². The molecule has 0 bridgehead atoms. The molecule has 0 radical (unpaired) electrons. The molecule has 0 aromatic rings. The van der Waals surface area contributed by atoms with Crippen molar-refractivity contribution < 1.29 is 4.74 Å². The number of hydrogen-bond donors (Lipinski definition) is 1. The molecule has 88 valence electrons. The second kappa shape index (κ2) is 6.99. The van der Waals surface area contributed by atoms with Crippen molar-refractivity contribution >= 4 is 0 Å². The van der Waals surface area contributed by atoms with E-state index in [1.807, 2.05) is 7.05 Å². The van der Waals surface area contributed by atoms with Crippen LogP contribution in [0.4, 0.5) is 0 Å². The van der Waals surface area contributed by atoms with Crippen molar-refractivity contribution in [1.29, 1.82) is 0 Å². The average Bonchev–Trinajstić information content (AvgIpc) is 2.19. The number of nitrogens with one attached hydrogen (secondary N) is 1. The zero-order valence-electron chi connectivity index (χ0n) is 10.1. The Bertz CT molecular complexity index is 192. The van der Waals surface area contributed by atoms with Gasteiger partial charge in [0.25, 0.3) is 0 Å². The van der Waals surface area contributed by atoms with Crippen molar-refractivity contribution in [3.05, 3.63) is 12.2 Å². The highest BCUT2D eigenvalue weighted by Gasteiger charge is 2.19. The van der Waals surface area contributed by atoms with Crippen LogP contribution >= 0.6 is 0 Å². The molecular weight excluding hydrogens is 188 g/mol. The molecule has 1 heterocycles. The molecule has 0 saturated carbocycles. The fourth-order valence-corrected chi connectivity index (χ4v) is 2.15. The lowest BCUT2D eigenvalue weighted by atomic mass is 10.1. The summed E-state index contributed by atoms with van der Waals surface area (Å²) >= 11 is 0. The third-order valence-electron chi connectivity index (χ3n) is 2.74. The van der Waals surface area contributed by atoms with E-state index >= 15 is 0 Å². The molecule has 3 nitrogen and oxygen atoms in total. The largest absolute Gasteiger partial charge is 0.377 e. The molecule has 3 heteroatoms. The molecule has 15 heavy (non-hydrogen) atoms. The van der Waals surface area contributed by atoms with Gasteiger partial charge in [-0.15, -0.1) is 0 Å². The molecule has 1 aliphatic rings. The summed E-state index contributed by atoms with van der Waals surface area (Å²) in [4.78, 5) is 2.45. The van der Waals surface area contributed by atoms with E-state index < -0.39 is 0 Å². The van der Waals surface area contributed by atoms with Crippen LogP contribution < -0.4 is 5.32 Å². The van der Waals surface area contributed by atoms with E-state index in [4.69, 9.17) is 4.74 Å². The zero-order valence-corrected chi connectivity index (χ0v) is 10.1. The third kappa shape index (κ3) is 4.78. The summed E-state index contributed by atoms with van der Waals surface area (Å²) in [5, 5.41) is 3.14. The normalized spacial score (nSPS) is 22.9. The number of nitrogens with zero attached hydrogens (tertiary/aromatic N) is 1. The van der Waals surface area contributed by atoms with Gasteiger partial charge >= 0.3 is 0 Å². The van der Waals surface area contributed by atoms with Gasteiger partial charge in [0, 0.05) is 26.2 Å². The molecule has 1 aliphatic heterocycles. The molecule has 0 spiro atoms. The van der Waals surface area contributed by atoms with Gasteiger partial charge in [0.1, 0.15) is 0 Å². The minimum atomic E-state index is 0.436. The molecule has 1 atom stereocenters. The highest BCUT2D eigenvalue weighted by atomic mass is 16.5. The van der Waals surface area contributed by atoms with E-state index in [9.17, 15) is 0 Å². The van der Waals surface area contributed by atoms with Crippen LogP contribution in [0.15, 0.2) is 12.2 Å². The van der Waals surface area contributed by atoms with Gasteiger partial charge in [0.2, 0.25) is 0 Å². The Hall–Kier alpha value is -0.380. The first-order valence-corrected chi connectivity index (χ1v) is 5.91. The summed E-state index contributed by atoms with van der Waals surface area (Å²) in [6.45, 7) is 11.1. The second-order valence-electron chi connectivity index (χ2n) is 4.24. The average molecular weight is 212 g/mol. The van der Waals surface area contributed by atoms with Crippen LogP contribution in [0.3, 0.4) is 0 Å². The van der Waals surface area contributed by atoms with Crippen LogP contribution in [-0.4, -0.2) is 50.8 Å². The summed E-state index contributed by atoms with van der Waals surface area (Å²) in [6.07, 6.45) is 2.89. The Morgan fingerprint density at radius 3 is 3.07 bits per heavy atom. The molecule has 1 fully saturated rings. The maximum Gasteiger partial charge on any atom is 0.0702 e. The van der Waals surface area contributed by atoms with Crippen molar-refractivity contribution in [2.45, 2.75) is 25.9 Å². The summed E-state index contributed by atoms with van der Waals surface area (Å²) in [7, 11) is 1.96. The molecule has 0 aliphatic carbocycles. The Labute approximate surface area is 93.5 Å². The topological polar surface area (TPSA) is 24.5 Å². The fraction of sp³-hybridized carbons (Fsp3) is 0.833. The highest BCUT2D eigenvalue weighted by molar-refractivity contribution is 5.00. The number of rotatable bonds is 6. The fourth-order valence-electron chi connectivity index (χ4n) is 2.15. The van der Waals surface area contributed by atoms with Gasteiger partial charge < -0.3 is 10.1 Å². The van der Waals surface area contributed by atoms with E-state index in [1.165, 1.54) is 25.0 Å². The maximum absolute atomic E-state index is 5.67. The van der Waals surface area contributed by atoms with Crippen molar-refractivity contribution in [1.82, 2.24) is 10.2 Å². The number of ether oxygens (including phenoxy) is 1. The van der Waals surface area contributed by atoms with E-state index in [1.54, 1.807) is 0 Å². The molecular formula is C12H24N2O. The molecule has 1 rings (SSSR count). The maximum atomic E-state index is 5.67. The number of likely N-dealkylation sites (N-methyl/N-ethyl adjacent to an activating group) is 1. The zero-order chi connectivity index (χ0) is 11.1. The quantitative estimate of drug-likeness (QED) is 0.671.